The lowest BCUT2D eigenvalue weighted by molar-refractivity contribution is 0.0952. The third kappa shape index (κ3) is 4.23. The number of amides is 1. The molecule has 0 radical (unpaired) electrons. The van der Waals surface area contributed by atoms with Crippen LogP contribution in [0.15, 0.2) is 40.6 Å². The van der Waals surface area contributed by atoms with Gasteiger partial charge in [0.2, 0.25) is 10.0 Å². The summed E-state index contributed by atoms with van der Waals surface area (Å²) in [6.45, 7) is 1.35. The molecule has 0 saturated carbocycles. The van der Waals surface area contributed by atoms with Crippen molar-refractivity contribution >= 4 is 38.9 Å². The molecule has 134 valence electrons. The molecule has 0 spiro atoms. The molecule has 1 aromatic heterocycles. The van der Waals surface area contributed by atoms with Gasteiger partial charge in [0.15, 0.2) is 0 Å². The van der Waals surface area contributed by atoms with Crippen molar-refractivity contribution in [3.63, 3.8) is 0 Å². The van der Waals surface area contributed by atoms with Crippen LogP contribution in [0.1, 0.15) is 34.5 Å². The van der Waals surface area contributed by atoms with E-state index in [1.54, 1.807) is 17.5 Å². The minimum absolute atomic E-state index is 0.105. The topological polar surface area (TPSA) is 66.5 Å². The second-order valence-electron chi connectivity index (χ2n) is 5.89. The molecule has 1 N–H and O–H groups in total. The van der Waals surface area contributed by atoms with Crippen LogP contribution in [0.3, 0.4) is 0 Å². The largest absolute Gasteiger partial charge is 0.347 e. The molecular formula is C17H19ClN2O3S2. The highest BCUT2D eigenvalue weighted by Gasteiger charge is 2.30. The van der Waals surface area contributed by atoms with Crippen molar-refractivity contribution in [3.05, 3.63) is 51.2 Å². The van der Waals surface area contributed by atoms with Crippen molar-refractivity contribution in [1.82, 2.24) is 9.62 Å². The van der Waals surface area contributed by atoms with E-state index in [-0.39, 0.29) is 15.7 Å². The molecule has 1 aliphatic heterocycles. The predicted octanol–water partition coefficient (Wildman–Crippen LogP) is 3.51. The third-order valence-electron chi connectivity index (χ3n) is 4.13. The molecule has 1 aromatic carbocycles. The molecule has 0 unspecified atom stereocenters. The Bertz CT molecular complexity index is 841. The number of nitrogens with zero attached hydrogens (tertiary/aromatic N) is 1. The molecule has 5 nitrogen and oxygen atoms in total. The lowest BCUT2D eigenvalue weighted by Gasteiger charge is -2.25. The molecule has 1 saturated heterocycles. The molecule has 0 atom stereocenters. The molecule has 3 rings (SSSR count). The van der Waals surface area contributed by atoms with Crippen LogP contribution in [0.2, 0.25) is 5.02 Å². The molecule has 2 heterocycles. The smallest absolute Gasteiger partial charge is 0.263 e. The number of benzene rings is 1. The van der Waals surface area contributed by atoms with Crippen LogP contribution in [0.4, 0.5) is 0 Å². The lowest BCUT2D eigenvalue weighted by Crippen LogP contribution is -2.36. The van der Waals surface area contributed by atoms with Gasteiger partial charge in [0.25, 0.3) is 5.91 Å². The van der Waals surface area contributed by atoms with Crippen molar-refractivity contribution in [2.45, 2.75) is 30.7 Å². The first-order valence-electron chi connectivity index (χ1n) is 8.09. The van der Waals surface area contributed by atoms with Crippen molar-refractivity contribution in [2.24, 2.45) is 0 Å². The number of rotatable bonds is 5. The van der Waals surface area contributed by atoms with Gasteiger partial charge in [0.05, 0.1) is 0 Å². The van der Waals surface area contributed by atoms with Crippen LogP contribution in [-0.4, -0.2) is 31.7 Å². The maximum absolute atomic E-state index is 12.8. The number of carbonyl (C=O) groups is 1. The predicted molar refractivity (Wildman–Crippen MR) is 99.6 cm³/mol. The summed E-state index contributed by atoms with van der Waals surface area (Å²) < 4.78 is 27.1. The number of hydrogen-bond acceptors (Lipinski definition) is 4. The Hall–Kier alpha value is -1.41. The summed E-state index contributed by atoms with van der Waals surface area (Å²) in [5, 5.41) is 5.06. The van der Waals surface area contributed by atoms with Gasteiger partial charge in [0.1, 0.15) is 9.77 Å². The van der Waals surface area contributed by atoms with E-state index in [0.717, 1.165) is 36.2 Å². The number of carbonyl (C=O) groups excluding carboxylic acids is 1. The van der Waals surface area contributed by atoms with Gasteiger partial charge in [-0.3, -0.25) is 4.79 Å². The summed E-state index contributed by atoms with van der Waals surface area (Å²) >= 11 is 6.99. The maximum Gasteiger partial charge on any atom is 0.263 e. The van der Waals surface area contributed by atoms with Crippen LogP contribution < -0.4 is 5.32 Å². The first-order valence-corrected chi connectivity index (χ1v) is 10.8. The van der Waals surface area contributed by atoms with Gasteiger partial charge >= 0.3 is 0 Å². The Morgan fingerprint density at radius 2 is 1.80 bits per heavy atom. The number of hydrogen-bond donors (Lipinski definition) is 1. The maximum atomic E-state index is 12.8. The summed E-state index contributed by atoms with van der Waals surface area (Å²) in [4.78, 5) is 12.8. The van der Waals surface area contributed by atoms with Gasteiger partial charge < -0.3 is 5.32 Å². The summed E-state index contributed by atoms with van der Waals surface area (Å²) in [6, 6.07) is 8.66. The van der Waals surface area contributed by atoms with Gasteiger partial charge in [-0.05, 0) is 42.0 Å². The quantitative estimate of drug-likeness (QED) is 0.838. The molecule has 2 aromatic rings. The lowest BCUT2D eigenvalue weighted by atomic mass is 10.2. The highest BCUT2D eigenvalue weighted by molar-refractivity contribution is 7.89. The fourth-order valence-electron chi connectivity index (χ4n) is 2.78. The minimum atomic E-state index is -3.62. The number of thiophene rings is 1. The Labute approximate surface area is 156 Å². The summed E-state index contributed by atoms with van der Waals surface area (Å²) in [6.07, 6.45) is 2.77. The number of nitrogens with one attached hydrogen (secondary N) is 1. The number of sulfonamides is 1. The minimum Gasteiger partial charge on any atom is -0.347 e. The van der Waals surface area contributed by atoms with Crippen LogP contribution >= 0.6 is 22.9 Å². The molecule has 1 amide bonds. The van der Waals surface area contributed by atoms with Gasteiger partial charge in [-0.15, -0.1) is 11.3 Å². The average Bonchev–Trinajstić information content (AvgIpc) is 3.12. The van der Waals surface area contributed by atoms with Crippen molar-refractivity contribution < 1.29 is 13.2 Å². The van der Waals surface area contributed by atoms with E-state index in [1.165, 1.54) is 10.4 Å². The zero-order valence-corrected chi connectivity index (χ0v) is 16.0. The summed E-state index contributed by atoms with van der Waals surface area (Å²) in [7, 11) is -3.62. The first-order chi connectivity index (χ1) is 12.0. The summed E-state index contributed by atoms with van der Waals surface area (Å²) in [5.74, 6) is -0.375. The Morgan fingerprint density at radius 3 is 2.48 bits per heavy atom. The number of halogens is 1. The normalized spacial score (nSPS) is 15.9. The molecule has 25 heavy (non-hydrogen) atoms. The third-order valence-corrected chi connectivity index (χ3v) is 7.37. The van der Waals surface area contributed by atoms with E-state index >= 15 is 0 Å². The van der Waals surface area contributed by atoms with Crippen molar-refractivity contribution in [2.75, 3.05) is 13.1 Å². The summed E-state index contributed by atoms with van der Waals surface area (Å²) in [5.41, 5.74) is 0.898. The van der Waals surface area contributed by atoms with E-state index in [1.807, 2.05) is 12.1 Å². The van der Waals surface area contributed by atoms with Gasteiger partial charge in [-0.1, -0.05) is 30.2 Å². The first kappa shape index (κ1) is 18.4. The van der Waals surface area contributed by atoms with E-state index < -0.39 is 10.0 Å². The van der Waals surface area contributed by atoms with Crippen LogP contribution in [0.25, 0.3) is 0 Å². The second kappa shape index (κ2) is 7.86. The molecular weight excluding hydrogens is 380 g/mol. The van der Waals surface area contributed by atoms with Gasteiger partial charge in [0, 0.05) is 24.7 Å². The number of piperidine rings is 1. The highest BCUT2D eigenvalue weighted by atomic mass is 35.5. The Morgan fingerprint density at radius 1 is 1.12 bits per heavy atom. The van der Waals surface area contributed by atoms with E-state index in [9.17, 15) is 13.2 Å². The second-order valence-corrected chi connectivity index (χ2v) is 9.15. The molecule has 1 aliphatic rings. The average molecular weight is 399 g/mol. The Kier molecular flexibility index (Phi) is 5.78. The van der Waals surface area contributed by atoms with E-state index in [4.69, 9.17) is 11.6 Å². The Balaban J connectivity index is 1.74. The molecule has 0 bridgehead atoms. The molecule has 8 heteroatoms. The van der Waals surface area contributed by atoms with Crippen LogP contribution in [-0.2, 0) is 16.6 Å². The van der Waals surface area contributed by atoms with E-state index in [2.05, 4.69) is 5.32 Å². The fourth-order valence-corrected chi connectivity index (χ4v) is 5.74. The van der Waals surface area contributed by atoms with Crippen molar-refractivity contribution in [3.8, 4) is 0 Å². The highest BCUT2D eigenvalue weighted by Crippen LogP contribution is 2.27. The standard InChI is InChI=1S/C17H19ClN2O3S2/c18-14-6-4-13(5-7-14)12-19-17(21)16-15(8-11-24-16)25(22,23)20-9-2-1-3-10-20/h4-8,11H,1-3,9-10,12H2,(H,19,21). The van der Waals surface area contributed by atoms with Crippen molar-refractivity contribution in [1.29, 1.82) is 0 Å². The van der Waals surface area contributed by atoms with Gasteiger partial charge in [-0.25, -0.2) is 8.42 Å². The van der Waals surface area contributed by atoms with Gasteiger partial charge in [-0.2, -0.15) is 4.31 Å². The molecule has 1 fully saturated rings. The molecule has 0 aliphatic carbocycles. The zero-order valence-electron chi connectivity index (χ0n) is 13.6. The van der Waals surface area contributed by atoms with Crippen LogP contribution in [0.5, 0.6) is 0 Å². The fraction of sp³-hybridized carbons (Fsp3) is 0.353. The van der Waals surface area contributed by atoms with E-state index in [0.29, 0.717) is 24.7 Å². The zero-order chi connectivity index (χ0) is 17.9. The SMILES string of the molecule is O=C(NCc1ccc(Cl)cc1)c1sccc1S(=O)(=O)N1CCCCC1. The monoisotopic (exact) mass is 398 g/mol. The van der Waals surface area contributed by atoms with Crippen LogP contribution in [0, 0.1) is 0 Å².